The molecular formula is C14H22N2O. The number of nitrogens with one attached hydrogen (secondary N) is 1. The van der Waals surface area contributed by atoms with Crippen LogP contribution in [-0.2, 0) is 11.2 Å². The van der Waals surface area contributed by atoms with E-state index in [2.05, 4.69) is 38.2 Å². The summed E-state index contributed by atoms with van der Waals surface area (Å²) in [5, 5.41) is 2.83. The van der Waals surface area contributed by atoms with Crippen LogP contribution < -0.4 is 11.1 Å². The van der Waals surface area contributed by atoms with Crippen LogP contribution in [0.15, 0.2) is 12.1 Å². The molecule has 0 aliphatic carbocycles. The molecule has 0 aliphatic rings. The summed E-state index contributed by atoms with van der Waals surface area (Å²) in [6, 6.07) is 3.83. The predicted molar refractivity (Wildman–Crippen MR) is 71.0 cm³/mol. The van der Waals surface area contributed by atoms with Crippen LogP contribution in [0.5, 0.6) is 0 Å². The summed E-state index contributed by atoms with van der Waals surface area (Å²) in [5.41, 5.74) is 10.7. The van der Waals surface area contributed by atoms with Crippen molar-refractivity contribution in [3.63, 3.8) is 0 Å². The molecule has 0 aliphatic heterocycles. The van der Waals surface area contributed by atoms with Crippen LogP contribution in [-0.4, -0.2) is 18.5 Å². The molecule has 0 saturated carbocycles. The zero-order valence-electron chi connectivity index (χ0n) is 11.1. The fourth-order valence-electron chi connectivity index (χ4n) is 1.76. The smallest absolute Gasteiger partial charge is 0.236 e. The fourth-order valence-corrected chi connectivity index (χ4v) is 1.76. The van der Waals surface area contributed by atoms with Crippen molar-refractivity contribution in [2.75, 3.05) is 6.54 Å². The SMILES string of the molecule is Cc1ccc(CCNC(=O)C(C)N)c(C)c1C. The maximum Gasteiger partial charge on any atom is 0.236 e. The van der Waals surface area contributed by atoms with Crippen LogP contribution in [0.2, 0.25) is 0 Å². The lowest BCUT2D eigenvalue weighted by Gasteiger charge is -2.12. The summed E-state index contributed by atoms with van der Waals surface area (Å²) >= 11 is 0. The molecule has 1 aromatic rings. The van der Waals surface area contributed by atoms with Gasteiger partial charge in [-0.3, -0.25) is 4.79 Å². The van der Waals surface area contributed by atoms with Crippen LogP contribution in [0, 0.1) is 20.8 Å². The molecule has 0 saturated heterocycles. The molecule has 3 nitrogen and oxygen atoms in total. The monoisotopic (exact) mass is 234 g/mol. The Morgan fingerprint density at radius 3 is 2.53 bits per heavy atom. The lowest BCUT2D eigenvalue weighted by molar-refractivity contribution is -0.121. The Kier molecular flexibility index (Phi) is 4.70. The molecule has 94 valence electrons. The Morgan fingerprint density at radius 2 is 1.94 bits per heavy atom. The zero-order chi connectivity index (χ0) is 13.0. The van der Waals surface area contributed by atoms with Gasteiger partial charge in [0.25, 0.3) is 0 Å². The number of nitrogens with two attached hydrogens (primary N) is 1. The van der Waals surface area contributed by atoms with Crippen molar-refractivity contribution in [2.24, 2.45) is 5.73 Å². The highest BCUT2D eigenvalue weighted by atomic mass is 16.2. The average molecular weight is 234 g/mol. The summed E-state index contributed by atoms with van der Waals surface area (Å²) in [6.45, 7) is 8.71. The first-order chi connectivity index (χ1) is 7.93. The van der Waals surface area contributed by atoms with Gasteiger partial charge in [-0.25, -0.2) is 0 Å². The van der Waals surface area contributed by atoms with Gasteiger partial charge in [0.15, 0.2) is 0 Å². The van der Waals surface area contributed by atoms with Crippen LogP contribution in [0.25, 0.3) is 0 Å². The van der Waals surface area contributed by atoms with Gasteiger partial charge in [-0.1, -0.05) is 12.1 Å². The molecule has 1 amide bonds. The van der Waals surface area contributed by atoms with E-state index in [1.165, 1.54) is 22.3 Å². The Labute approximate surface area is 103 Å². The van der Waals surface area contributed by atoms with E-state index < -0.39 is 6.04 Å². The highest BCUT2D eigenvalue weighted by Gasteiger charge is 2.07. The summed E-state index contributed by atoms with van der Waals surface area (Å²) in [6.07, 6.45) is 0.853. The maximum absolute atomic E-state index is 11.3. The van der Waals surface area contributed by atoms with Gasteiger partial charge in [0, 0.05) is 6.54 Å². The molecule has 17 heavy (non-hydrogen) atoms. The highest BCUT2D eigenvalue weighted by molar-refractivity contribution is 5.80. The lowest BCUT2D eigenvalue weighted by atomic mass is 9.97. The summed E-state index contributed by atoms with van der Waals surface area (Å²) in [7, 11) is 0. The summed E-state index contributed by atoms with van der Waals surface area (Å²) in [5.74, 6) is -0.0912. The van der Waals surface area contributed by atoms with Crippen molar-refractivity contribution >= 4 is 5.91 Å². The molecule has 3 N–H and O–H groups in total. The minimum Gasteiger partial charge on any atom is -0.354 e. The number of amides is 1. The number of aryl methyl sites for hydroxylation is 1. The van der Waals surface area contributed by atoms with Crippen molar-refractivity contribution < 1.29 is 4.79 Å². The third-order valence-electron chi connectivity index (χ3n) is 3.28. The van der Waals surface area contributed by atoms with Crippen LogP contribution in [0.3, 0.4) is 0 Å². The molecule has 1 atom stereocenters. The lowest BCUT2D eigenvalue weighted by Crippen LogP contribution is -2.39. The average Bonchev–Trinajstić information content (AvgIpc) is 2.28. The third-order valence-corrected chi connectivity index (χ3v) is 3.28. The van der Waals surface area contributed by atoms with Crippen LogP contribution in [0.1, 0.15) is 29.2 Å². The molecule has 1 aromatic carbocycles. The first kappa shape index (κ1) is 13.7. The Hall–Kier alpha value is -1.35. The van der Waals surface area contributed by atoms with Gasteiger partial charge in [0.2, 0.25) is 5.91 Å². The second-order valence-corrected chi connectivity index (χ2v) is 4.62. The van der Waals surface area contributed by atoms with E-state index in [0.29, 0.717) is 6.54 Å². The van der Waals surface area contributed by atoms with Gasteiger partial charge in [0.05, 0.1) is 6.04 Å². The van der Waals surface area contributed by atoms with E-state index >= 15 is 0 Å². The molecule has 1 rings (SSSR count). The van der Waals surface area contributed by atoms with Crippen molar-refractivity contribution in [3.8, 4) is 0 Å². The minimum atomic E-state index is -0.434. The van der Waals surface area contributed by atoms with Crippen LogP contribution >= 0.6 is 0 Å². The Balaban J connectivity index is 2.59. The Morgan fingerprint density at radius 1 is 1.29 bits per heavy atom. The molecule has 0 bridgehead atoms. The molecule has 0 heterocycles. The third kappa shape index (κ3) is 3.56. The fraction of sp³-hybridized carbons (Fsp3) is 0.500. The predicted octanol–water partition coefficient (Wildman–Crippen LogP) is 1.62. The molecule has 0 aromatic heterocycles. The standard InChI is InChI=1S/C14H22N2O/c1-9-5-6-13(11(3)10(9)2)7-8-16-14(17)12(4)15/h5-6,12H,7-8,15H2,1-4H3,(H,16,17). The number of carbonyl (C=O) groups is 1. The highest BCUT2D eigenvalue weighted by Crippen LogP contribution is 2.17. The molecule has 0 radical (unpaired) electrons. The largest absolute Gasteiger partial charge is 0.354 e. The van der Waals surface area contributed by atoms with E-state index in [4.69, 9.17) is 5.73 Å². The van der Waals surface area contributed by atoms with Crippen molar-refractivity contribution in [3.05, 3.63) is 34.4 Å². The molecule has 1 unspecified atom stereocenters. The van der Waals surface area contributed by atoms with Gasteiger partial charge >= 0.3 is 0 Å². The quantitative estimate of drug-likeness (QED) is 0.831. The summed E-state index contributed by atoms with van der Waals surface area (Å²) < 4.78 is 0. The van der Waals surface area contributed by atoms with Crippen LogP contribution in [0.4, 0.5) is 0 Å². The number of hydrogen-bond acceptors (Lipinski definition) is 2. The van der Waals surface area contributed by atoms with Gasteiger partial charge in [0.1, 0.15) is 0 Å². The van der Waals surface area contributed by atoms with Gasteiger partial charge < -0.3 is 11.1 Å². The van der Waals surface area contributed by atoms with E-state index in [0.717, 1.165) is 6.42 Å². The normalized spacial score (nSPS) is 12.3. The van der Waals surface area contributed by atoms with Crippen molar-refractivity contribution in [2.45, 2.75) is 40.2 Å². The maximum atomic E-state index is 11.3. The molecular weight excluding hydrogens is 212 g/mol. The molecule has 3 heteroatoms. The molecule has 0 spiro atoms. The van der Waals surface area contributed by atoms with Gasteiger partial charge in [-0.05, 0) is 56.4 Å². The topological polar surface area (TPSA) is 55.1 Å². The first-order valence-corrected chi connectivity index (χ1v) is 6.02. The number of rotatable bonds is 4. The Bertz CT molecular complexity index is 411. The molecule has 0 fully saturated rings. The number of carbonyl (C=O) groups excluding carboxylic acids is 1. The van der Waals surface area contributed by atoms with Crippen molar-refractivity contribution in [1.82, 2.24) is 5.32 Å². The van der Waals surface area contributed by atoms with E-state index in [1.807, 2.05) is 0 Å². The van der Waals surface area contributed by atoms with Gasteiger partial charge in [-0.15, -0.1) is 0 Å². The second-order valence-electron chi connectivity index (χ2n) is 4.62. The number of benzene rings is 1. The second kappa shape index (κ2) is 5.82. The zero-order valence-corrected chi connectivity index (χ0v) is 11.1. The van der Waals surface area contributed by atoms with Gasteiger partial charge in [-0.2, -0.15) is 0 Å². The first-order valence-electron chi connectivity index (χ1n) is 6.02. The minimum absolute atomic E-state index is 0.0912. The van der Waals surface area contributed by atoms with E-state index in [9.17, 15) is 4.79 Å². The number of hydrogen-bond donors (Lipinski definition) is 2. The van der Waals surface area contributed by atoms with E-state index in [-0.39, 0.29) is 5.91 Å². The van der Waals surface area contributed by atoms with E-state index in [1.54, 1.807) is 6.92 Å². The summed E-state index contributed by atoms with van der Waals surface area (Å²) in [4.78, 5) is 11.3. The van der Waals surface area contributed by atoms with Crippen molar-refractivity contribution in [1.29, 1.82) is 0 Å².